The Balaban J connectivity index is 1.50. The number of likely N-dealkylation sites (tertiary alicyclic amines) is 1. The third-order valence-corrected chi connectivity index (χ3v) is 6.57. The van der Waals surface area contributed by atoms with Crippen molar-refractivity contribution < 1.29 is 13.2 Å². The van der Waals surface area contributed by atoms with Gasteiger partial charge in [-0.05, 0) is 11.6 Å². The highest BCUT2D eigenvalue weighted by Gasteiger charge is 2.55. The van der Waals surface area contributed by atoms with E-state index in [9.17, 15) is 8.42 Å². The number of fused-ring (bicyclic) bond motifs is 2. The molecule has 1 atom stereocenters. The lowest BCUT2D eigenvalue weighted by Gasteiger charge is -2.63. The van der Waals surface area contributed by atoms with Gasteiger partial charge in [0.25, 0.3) is 0 Å². The number of ether oxygens (including phenoxy) is 1. The molecule has 1 aromatic rings. The molecule has 4 rings (SSSR count). The predicted octanol–water partition coefficient (Wildman–Crippen LogP) is -0.388. The number of hydrogen-bond acceptors (Lipinski definition) is 6. The fraction of sp³-hybridized carbons (Fsp3) is 0.688. The van der Waals surface area contributed by atoms with Gasteiger partial charge in [-0.2, -0.15) is 4.31 Å². The summed E-state index contributed by atoms with van der Waals surface area (Å²) < 4.78 is 31.5. The van der Waals surface area contributed by atoms with Crippen LogP contribution < -0.4 is 0 Å². The molecule has 132 valence electrons. The number of hydrogen-bond donors (Lipinski definition) is 0. The zero-order valence-electron chi connectivity index (χ0n) is 14.0. The fourth-order valence-electron chi connectivity index (χ4n) is 4.33. The summed E-state index contributed by atoms with van der Waals surface area (Å²) >= 11 is 0. The minimum absolute atomic E-state index is 0.0714. The number of pyridine rings is 1. The van der Waals surface area contributed by atoms with E-state index in [4.69, 9.17) is 4.74 Å². The zero-order valence-corrected chi connectivity index (χ0v) is 14.8. The van der Waals surface area contributed by atoms with Gasteiger partial charge >= 0.3 is 0 Å². The number of nitrogens with zero attached hydrogens (tertiary/aromatic N) is 4. The Morgan fingerprint density at radius 3 is 2.92 bits per heavy atom. The molecular weight excluding hydrogens is 328 g/mol. The van der Waals surface area contributed by atoms with Crippen LogP contribution in [0.3, 0.4) is 0 Å². The molecule has 3 fully saturated rings. The topological polar surface area (TPSA) is 66.0 Å². The molecule has 0 aliphatic carbocycles. The quantitative estimate of drug-likeness (QED) is 0.738. The molecule has 1 aromatic heterocycles. The monoisotopic (exact) mass is 352 g/mol. The van der Waals surface area contributed by atoms with E-state index < -0.39 is 10.0 Å². The SMILES string of the molecule is CS(=O)(=O)N1C[C@@H]2COCCN2C2(CN(Cc3cccnc3)C2)C1. The number of aromatic nitrogens is 1. The maximum absolute atomic E-state index is 12.1. The van der Waals surface area contributed by atoms with Gasteiger partial charge in [0.1, 0.15) is 0 Å². The maximum atomic E-state index is 12.1. The van der Waals surface area contributed by atoms with E-state index in [1.807, 2.05) is 12.3 Å². The standard InChI is InChI=1S/C16H24N4O3S/c1-24(21,22)19-9-15-10-23-6-5-20(15)16(13-19)11-18(12-16)8-14-3-2-4-17-7-14/h2-4,7,15H,5-6,8-13H2,1H3/t15-/m1/s1. The van der Waals surface area contributed by atoms with E-state index in [1.54, 1.807) is 10.5 Å². The van der Waals surface area contributed by atoms with Crippen LogP contribution in [0.1, 0.15) is 5.56 Å². The summed E-state index contributed by atoms with van der Waals surface area (Å²) in [5.74, 6) is 0. The fourth-order valence-corrected chi connectivity index (χ4v) is 5.25. The van der Waals surface area contributed by atoms with Crippen molar-refractivity contribution >= 4 is 10.0 Å². The van der Waals surface area contributed by atoms with Gasteiger partial charge < -0.3 is 4.74 Å². The van der Waals surface area contributed by atoms with Crippen LogP contribution in [0.15, 0.2) is 24.5 Å². The van der Waals surface area contributed by atoms with Gasteiger partial charge in [-0.15, -0.1) is 0 Å². The molecule has 3 aliphatic rings. The van der Waals surface area contributed by atoms with Crippen LogP contribution >= 0.6 is 0 Å². The normalized spacial score (nSPS) is 28.5. The van der Waals surface area contributed by atoms with Crippen LogP contribution in [-0.2, 0) is 21.3 Å². The number of sulfonamides is 1. The van der Waals surface area contributed by atoms with E-state index in [0.717, 1.165) is 32.8 Å². The third-order valence-electron chi connectivity index (χ3n) is 5.36. The summed E-state index contributed by atoms with van der Waals surface area (Å²) in [5.41, 5.74) is 1.12. The van der Waals surface area contributed by atoms with Crippen LogP contribution in [-0.4, -0.2) is 91.3 Å². The maximum Gasteiger partial charge on any atom is 0.211 e. The predicted molar refractivity (Wildman–Crippen MR) is 90.0 cm³/mol. The van der Waals surface area contributed by atoms with Gasteiger partial charge in [0.05, 0.1) is 25.0 Å². The first-order chi connectivity index (χ1) is 11.5. The summed E-state index contributed by atoms with van der Waals surface area (Å²) in [6.45, 7) is 6.03. The van der Waals surface area contributed by atoms with E-state index >= 15 is 0 Å². The van der Waals surface area contributed by atoms with Crippen molar-refractivity contribution in [3.05, 3.63) is 30.1 Å². The summed E-state index contributed by atoms with van der Waals surface area (Å²) in [7, 11) is -3.18. The van der Waals surface area contributed by atoms with Crippen LogP contribution in [0, 0.1) is 0 Å². The van der Waals surface area contributed by atoms with Crippen LogP contribution in [0.25, 0.3) is 0 Å². The summed E-state index contributed by atoms with van der Waals surface area (Å²) in [6.07, 6.45) is 4.99. The number of piperazine rings is 1. The molecule has 3 saturated heterocycles. The smallest absolute Gasteiger partial charge is 0.211 e. The van der Waals surface area contributed by atoms with E-state index in [1.165, 1.54) is 11.8 Å². The molecule has 0 saturated carbocycles. The van der Waals surface area contributed by atoms with Gasteiger partial charge in [-0.3, -0.25) is 14.8 Å². The minimum Gasteiger partial charge on any atom is -0.378 e. The number of rotatable bonds is 3. The second-order valence-electron chi connectivity index (χ2n) is 7.21. The molecule has 0 bridgehead atoms. The molecular formula is C16H24N4O3S. The summed E-state index contributed by atoms with van der Waals surface area (Å²) in [4.78, 5) is 9.04. The molecule has 8 heteroatoms. The van der Waals surface area contributed by atoms with Crippen LogP contribution in [0.4, 0.5) is 0 Å². The van der Waals surface area contributed by atoms with Gasteiger partial charge in [0, 0.05) is 57.7 Å². The van der Waals surface area contributed by atoms with E-state index in [-0.39, 0.29) is 11.6 Å². The average Bonchev–Trinajstić information content (AvgIpc) is 2.53. The van der Waals surface area contributed by atoms with Crippen molar-refractivity contribution in [1.82, 2.24) is 19.1 Å². The second-order valence-corrected chi connectivity index (χ2v) is 9.19. The molecule has 0 N–H and O–H groups in total. The highest BCUT2D eigenvalue weighted by atomic mass is 32.2. The Kier molecular flexibility index (Phi) is 4.12. The highest BCUT2D eigenvalue weighted by molar-refractivity contribution is 7.88. The van der Waals surface area contributed by atoms with Gasteiger partial charge in [0.15, 0.2) is 0 Å². The van der Waals surface area contributed by atoms with E-state index in [0.29, 0.717) is 19.7 Å². The number of morpholine rings is 1. The molecule has 7 nitrogen and oxygen atoms in total. The Bertz CT molecular complexity index is 691. The Morgan fingerprint density at radius 1 is 1.38 bits per heavy atom. The molecule has 0 unspecified atom stereocenters. The van der Waals surface area contributed by atoms with Crippen molar-refractivity contribution in [2.75, 3.05) is 52.2 Å². The average molecular weight is 352 g/mol. The lowest BCUT2D eigenvalue weighted by molar-refractivity contribution is -0.154. The minimum atomic E-state index is -3.18. The van der Waals surface area contributed by atoms with Crippen LogP contribution in [0.5, 0.6) is 0 Å². The first-order valence-electron chi connectivity index (χ1n) is 8.37. The Hall–Kier alpha value is -1.06. The van der Waals surface area contributed by atoms with Crippen molar-refractivity contribution in [2.45, 2.75) is 18.1 Å². The largest absolute Gasteiger partial charge is 0.378 e. The molecule has 0 amide bonds. The van der Waals surface area contributed by atoms with Crippen molar-refractivity contribution in [1.29, 1.82) is 0 Å². The van der Waals surface area contributed by atoms with Crippen molar-refractivity contribution in [3.8, 4) is 0 Å². The molecule has 0 aromatic carbocycles. The molecule has 0 radical (unpaired) electrons. The van der Waals surface area contributed by atoms with Crippen molar-refractivity contribution in [3.63, 3.8) is 0 Å². The molecule has 4 heterocycles. The lowest BCUT2D eigenvalue weighted by Crippen LogP contribution is -2.80. The Morgan fingerprint density at radius 2 is 2.21 bits per heavy atom. The summed E-state index contributed by atoms with van der Waals surface area (Å²) in [5, 5.41) is 0. The molecule has 24 heavy (non-hydrogen) atoms. The van der Waals surface area contributed by atoms with E-state index in [2.05, 4.69) is 20.9 Å². The lowest BCUT2D eigenvalue weighted by atomic mass is 9.83. The third kappa shape index (κ3) is 2.97. The van der Waals surface area contributed by atoms with Gasteiger partial charge in [0.2, 0.25) is 10.0 Å². The van der Waals surface area contributed by atoms with Gasteiger partial charge in [-0.25, -0.2) is 8.42 Å². The summed E-state index contributed by atoms with van der Waals surface area (Å²) in [6, 6.07) is 4.21. The first-order valence-corrected chi connectivity index (χ1v) is 10.2. The molecule has 3 aliphatic heterocycles. The highest BCUT2D eigenvalue weighted by Crippen LogP contribution is 2.36. The Labute approximate surface area is 143 Å². The second kappa shape index (κ2) is 6.03. The van der Waals surface area contributed by atoms with Crippen LogP contribution in [0.2, 0.25) is 0 Å². The van der Waals surface area contributed by atoms with Gasteiger partial charge in [-0.1, -0.05) is 6.07 Å². The first kappa shape index (κ1) is 16.4. The molecule has 1 spiro atoms. The van der Waals surface area contributed by atoms with Crippen molar-refractivity contribution in [2.24, 2.45) is 0 Å². The zero-order chi connectivity index (χ0) is 16.8.